The van der Waals surface area contributed by atoms with E-state index in [-0.39, 0.29) is 22.9 Å². The molecule has 4 heterocycles. The van der Waals surface area contributed by atoms with Gasteiger partial charge in [-0.2, -0.15) is 18.2 Å². The number of fused-ring (bicyclic) bond motifs is 1. The lowest BCUT2D eigenvalue weighted by Gasteiger charge is -2.33. The molecule has 1 aliphatic rings. The smallest absolute Gasteiger partial charge is 0.376 e. The molecule has 4 rings (SSSR count). The summed E-state index contributed by atoms with van der Waals surface area (Å²) in [6.07, 6.45) is -3.66. The van der Waals surface area contributed by atoms with Gasteiger partial charge in [0.1, 0.15) is 11.9 Å². The van der Waals surface area contributed by atoms with Gasteiger partial charge in [0.05, 0.1) is 23.8 Å². The molecule has 11 heteroatoms. The van der Waals surface area contributed by atoms with Crippen molar-refractivity contribution in [3.05, 3.63) is 30.4 Å². The summed E-state index contributed by atoms with van der Waals surface area (Å²) in [5.41, 5.74) is 0.596. The first kappa shape index (κ1) is 18.7. The minimum atomic E-state index is -4.45. The van der Waals surface area contributed by atoms with Gasteiger partial charge in [0.15, 0.2) is 5.65 Å². The molecule has 150 valence electrons. The standard InChI is InChI=1S/C17H18F4N6O/c1-26-6-4-11(10(18)8-26)23-12-3-2-5-27-13(7-17(19,20)21)14(24-16(12)27)15-22-9-28-25-15/h2-3,5,9-11,23H,4,6-8H2,1H3/t10-,11+/m0/s1. The first-order chi connectivity index (χ1) is 13.3. The summed E-state index contributed by atoms with van der Waals surface area (Å²) in [5.74, 6) is -0.0310. The number of alkyl halides is 4. The Hall–Kier alpha value is -2.69. The Kier molecular flexibility index (Phi) is 4.69. The molecule has 0 aromatic carbocycles. The number of piperidine rings is 1. The van der Waals surface area contributed by atoms with E-state index in [0.29, 0.717) is 18.7 Å². The van der Waals surface area contributed by atoms with Gasteiger partial charge in [-0.15, -0.1) is 0 Å². The number of halogens is 4. The highest BCUT2D eigenvalue weighted by atomic mass is 19.4. The van der Waals surface area contributed by atoms with Gasteiger partial charge >= 0.3 is 6.18 Å². The maximum absolute atomic E-state index is 14.4. The number of hydrogen-bond acceptors (Lipinski definition) is 6. The normalized spacial score (nSPS) is 21.3. The molecule has 0 aliphatic carbocycles. The predicted molar refractivity (Wildman–Crippen MR) is 92.7 cm³/mol. The lowest BCUT2D eigenvalue weighted by atomic mass is 10.0. The third-order valence-electron chi connectivity index (χ3n) is 4.78. The number of aromatic nitrogens is 4. The van der Waals surface area contributed by atoms with Crippen molar-refractivity contribution in [2.24, 2.45) is 0 Å². The monoisotopic (exact) mass is 398 g/mol. The van der Waals surface area contributed by atoms with Crippen LogP contribution in [-0.2, 0) is 6.42 Å². The van der Waals surface area contributed by atoms with Crippen LogP contribution in [0.5, 0.6) is 0 Å². The van der Waals surface area contributed by atoms with E-state index in [1.807, 2.05) is 11.9 Å². The Bertz CT molecular complexity index is 955. The quantitative estimate of drug-likeness (QED) is 0.682. The molecule has 3 aromatic heterocycles. The van der Waals surface area contributed by atoms with Crippen molar-refractivity contribution in [3.8, 4) is 11.5 Å². The van der Waals surface area contributed by atoms with Crippen molar-refractivity contribution in [2.45, 2.75) is 31.2 Å². The molecule has 3 aromatic rings. The van der Waals surface area contributed by atoms with Crippen molar-refractivity contribution in [3.63, 3.8) is 0 Å². The zero-order valence-electron chi connectivity index (χ0n) is 14.9. The molecule has 0 spiro atoms. The van der Waals surface area contributed by atoms with Crippen LogP contribution in [0.15, 0.2) is 29.2 Å². The molecule has 1 N–H and O–H groups in total. The molecule has 7 nitrogen and oxygen atoms in total. The average molecular weight is 398 g/mol. The van der Waals surface area contributed by atoms with Crippen LogP contribution in [0.25, 0.3) is 17.2 Å². The number of imidazole rings is 1. The molecule has 1 aliphatic heterocycles. The average Bonchev–Trinajstić information content (AvgIpc) is 3.25. The van der Waals surface area contributed by atoms with Crippen LogP contribution in [0.3, 0.4) is 0 Å². The van der Waals surface area contributed by atoms with E-state index in [1.165, 1.54) is 10.6 Å². The molecule has 0 amide bonds. The Labute approximate surface area is 157 Å². The highest BCUT2D eigenvalue weighted by Crippen LogP contribution is 2.31. The van der Waals surface area contributed by atoms with Gasteiger partial charge < -0.3 is 19.1 Å². The number of anilines is 1. The summed E-state index contributed by atoms with van der Waals surface area (Å²) in [6.45, 7) is 1.02. The third kappa shape index (κ3) is 3.66. The van der Waals surface area contributed by atoms with Crippen molar-refractivity contribution >= 4 is 11.3 Å². The third-order valence-corrected chi connectivity index (χ3v) is 4.78. The second kappa shape index (κ2) is 7.04. The Morgan fingerprint density at radius 2 is 2.18 bits per heavy atom. The molecule has 28 heavy (non-hydrogen) atoms. The molecular formula is C17H18F4N6O. The summed E-state index contributed by atoms with van der Waals surface area (Å²) in [7, 11) is 1.85. The summed E-state index contributed by atoms with van der Waals surface area (Å²) < 4.78 is 59.9. The van der Waals surface area contributed by atoms with E-state index >= 15 is 0 Å². The first-order valence-electron chi connectivity index (χ1n) is 8.74. The fraction of sp³-hybridized carbons (Fsp3) is 0.471. The fourth-order valence-electron chi connectivity index (χ4n) is 3.46. The van der Waals surface area contributed by atoms with Crippen LogP contribution in [0.1, 0.15) is 12.1 Å². The summed E-state index contributed by atoms with van der Waals surface area (Å²) in [4.78, 5) is 10.1. The van der Waals surface area contributed by atoms with Crippen LogP contribution in [0.2, 0.25) is 0 Å². The highest BCUT2D eigenvalue weighted by molar-refractivity contribution is 5.73. The molecule has 0 saturated carbocycles. The zero-order chi connectivity index (χ0) is 19.9. The molecular weight excluding hydrogens is 380 g/mol. The Morgan fingerprint density at radius 1 is 1.36 bits per heavy atom. The number of rotatable bonds is 4. The molecule has 1 saturated heterocycles. The van der Waals surface area contributed by atoms with Gasteiger partial charge in [-0.3, -0.25) is 0 Å². The van der Waals surface area contributed by atoms with E-state index in [9.17, 15) is 17.6 Å². The maximum atomic E-state index is 14.4. The van der Waals surface area contributed by atoms with E-state index < -0.39 is 24.8 Å². The van der Waals surface area contributed by atoms with Crippen LogP contribution in [0.4, 0.5) is 23.2 Å². The second-order valence-electron chi connectivity index (χ2n) is 6.89. The summed E-state index contributed by atoms with van der Waals surface area (Å²) in [5, 5.41) is 6.74. The molecule has 2 atom stereocenters. The second-order valence-corrected chi connectivity index (χ2v) is 6.89. The SMILES string of the molecule is CN1CC[C@@H](Nc2cccn3c(CC(F)(F)F)c(-c4ncon4)nc23)[C@@H](F)C1. The summed E-state index contributed by atoms with van der Waals surface area (Å²) >= 11 is 0. The number of hydrogen-bond donors (Lipinski definition) is 1. The lowest BCUT2D eigenvalue weighted by Crippen LogP contribution is -2.46. The maximum Gasteiger partial charge on any atom is 0.394 e. The number of likely N-dealkylation sites (tertiary alicyclic amines) is 1. The number of nitrogens with zero attached hydrogens (tertiary/aromatic N) is 5. The highest BCUT2D eigenvalue weighted by Gasteiger charge is 2.33. The van der Waals surface area contributed by atoms with Crippen molar-refractivity contribution in [1.82, 2.24) is 24.4 Å². The van der Waals surface area contributed by atoms with Crippen LogP contribution < -0.4 is 5.32 Å². The molecule has 1 fully saturated rings. The van der Waals surface area contributed by atoms with E-state index in [4.69, 9.17) is 0 Å². The van der Waals surface area contributed by atoms with Gasteiger partial charge in [-0.05, 0) is 25.6 Å². The largest absolute Gasteiger partial charge is 0.394 e. The van der Waals surface area contributed by atoms with Crippen LogP contribution in [0, 0.1) is 0 Å². The predicted octanol–water partition coefficient (Wildman–Crippen LogP) is 2.94. The van der Waals surface area contributed by atoms with Gasteiger partial charge in [-0.25, -0.2) is 9.37 Å². The van der Waals surface area contributed by atoms with Crippen LogP contribution >= 0.6 is 0 Å². The van der Waals surface area contributed by atoms with Gasteiger partial charge in [0, 0.05) is 19.3 Å². The molecule has 0 radical (unpaired) electrons. The number of pyridine rings is 1. The molecule has 0 bridgehead atoms. The van der Waals surface area contributed by atoms with Gasteiger partial charge in [-0.1, -0.05) is 5.16 Å². The minimum Gasteiger partial charge on any atom is -0.376 e. The Morgan fingerprint density at radius 3 is 2.86 bits per heavy atom. The molecule has 0 unspecified atom stereocenters. The van der Waals surface area contributed by atoms with E-state index in [0.717, 1.165) is 12.9 Å². The first-order valence-corrected chi connectivity index (χ1v) is 8.74. The van der Waals surface area contributed by atoms with Crippen molar-refractivity contribution in [2.75, 3.05) is 25.5 Å². The summed E-state index contributed by atoms with van der Waals surface area (Å²) in [6, 6.07) is 2.82. The minimum absolute atomic E-state index is 0.0134. The van der Waals surface area contributed by atoms with E-state index in [2.05, 4.69) is 25.0 Å². The van der Waals surface area contributed by atoms with Crippen LogP contribution in [-0.4, -0.2) is 63.0 Å². The zero-order valence-corrected chi connectivity index (χ0v) is 14.9. The number of nitrogens with one attached hydrogen (secondary N) is 1. The lowest BCUT2D eigenvalue weighted by molar-refractivity contribution is -0.127. The van der Waals surface area contributed by atoms with Gasteiger partial charge in [0.25, 0.3) is 0 Å². The van der Waals surface area contributed by atoms with E-state index in [1.54, 1.807) is 12.1 Å². The Balaban J connectivity index is 1.76. The van der Waals surface area contributed by atoms with Crippen molar-refractivity contribution < 1.29 is 22.1 Å². The fourth-order valence-corrected chi connectivity index (χ4v) is 3.46. The van der Waals surface area contributed by atoms with Gasteiger partial charge in [0.2, 0.25) is 12.2 Å². The van der Waals surface area contributed by atoms with Crippen molar-refractivity contribution in [1.29, 1.82) is 0 Å². The topological polar surface area (TPSA) is 71.5 Å².